The van der Waals surface area contributed by atoms with Gasteiger partial charge in [0.1, 0.15) is 5.75 Å². The molecule has 1 aromatic heterocycles. The van der Waals surface area contributed by atoms with Gasteiger partial charge in [-0.2, -0.15) is 0 Å². The van der Waals surface area contributed by atoms with E-state index in [4.69, 9.17) is 16.3 Å². The first-order valence-corrected chi connectivity index (χ1v) is 13.8. The molecule has 7 heteroatoms. The highest BCUT2D eigenvalue weighted by atomic mass is 35.5. The monoisotopic (exact) mass is 521 g/mol. The van der Waals surface area contributed by atoms with Crippen molar-refractivity contribution in [3.8, 4) is 5.75 Å². The van der Waals surface area contributed by atoms with Crippen molar-refractivity contribution in [2.75, 3.05) is 33.4 Å². The van der Waals surface area contributed by atoms with Crippen LogP contribution in [0.15, 0.2) is 42.5 Å². The van der Waals surface area contributed by atoms with Gasteiger partial charge in [-0.15, -0.1) is 0 Å². The Morgan fingerprint density at radius 2 is 1.92 bits per heavy atom. The molecular formula is C30H36ClN3O3. The van der Waals surface area contributed by atoms with Crippen LogP contribution < -0.4 is 4.74 Å². The van der Waals surface area contributed by atoms with Crippen LogP contribution in [0.25, 0.3) is 10.9 Å². The number of ether oxygens (including phenoxy) is 1. The minimum absolute atomic E-state index is 0.0286. The van der Waals surface area contributed by atoms with Gasteiger partial charge in [-0.3, -0.25) is 9.69 Å². The predicted octanol–water partition coefficient (Wildman–Crippen LogP) is 5.05. The van der Waals surface area contributed by atoms with Crippen LogP contribution in [0.2, 0.25) is 5.02 Å². The molecule has 2 fully saturated rings. The zero-order valence-corrected chi connectivity index (χ0v) is 22.5. The number of aliphatic hydroxyl groups excluding tert-OH is 1. The number of nitrogens with zero attached hydrogens (tertiary/aromatic N) is 3. The van der Waals surface area contributed by atoms with Crippen molar-refractivity contribution in [1.82, 2.24) is 14.4 Å². The number of aryl methyl sites for hydroxylation is 1. The Morgan fingerprint density at radius 1 is 1.16 bits per heavy atom. The molecular weight excluding hydrogens is 486 g/mol. The average molecular weight is 522 g/mol. The fourth-order valence-corrected chi connectivity index (χ4v) is 6.96. The Bertz CT molecular complexity index is 1320. The molecule has 0 radical (unpaired) electrons. The molecule has 1 aliphatic carbocycles. The normalized spacial score (nSPS) is 21.4. The number of carbonyl (C=O) groups excluding carboxylic acids is 1. The van der Waals surface area contributed by atoms with Crippen LogP contribution in [0.4, 0.5) is 0 Å². The highest BCUT2D eigenvalue weighted by Crippen LogP contribution is 2.50. The number of hydrogen-bond acceptors (Lipinski definition) is 4. The number of rotatable bonds is 6. The summed E-state index contributed by atoms with van der Waals surface area (Å²) in [4.78, 5) is 17.4. The van der Waals surface area contributed by atoms with E-state index in [2.05, 4.69) is 39.6 Å². The van der Waals surface area contributed by atoms with Gasteiger partial charge >= 0.3 is 0 Å². The van der Waals surface area contributed by atoms with Crippen LogP contribution >= 0.6 is 11.6 Å². The van der Waals surface area contributed by atoms with E-state index >= 15 is 0 Å². The second-order valence-electron chi connectivity index (χ2n) is 11.2. The number of carbonyl (C=O) groups is 1. The SMILES string of the molecule is COc1ccc2c3c(n(C)c2c1)[C@@H](CO)N(Cc1ccccc1Cl)CC31CCN(C(=O)CC2CC2)CC1. The number of amides is 1. The number of piperidine rings is 1. The summed E-state index contributed by atoms with van der Waals surface area (Å²) in [6, 6.07) is 14.2. The Morgan fingerprint density at radius 3 is 2.59 bits per heavy atom. The second kappa shape index (κ2) is 9.64. The van der Waals surface area contributed by atoms with Crippen LogP contribution in [0.1, 0.15) is 55.0 Å². The van der Waals surface area contributed by atoms with E-state index in [0.29, 0.717) is 24.8 Å². The number of aromatic nitrogens is 1. The maximum Gasteiger partial charge on any atom is 0.222 e. The van der Waals surface area contributed by atoms with Crippen molar-refractivity contribution in [2.24, 2.45) is 13.0 Å². The molecule has 3 heterocycles. The zero-order chi connectivity index (χ0) is 25.7. The van der Waals surface area contributed by atoms with Crippen LogP contribution in [0.5, 0.6) is 5.75 Å². The first kappa shape index (κ1) is 24.8. The van der Waals surface area contributed by atoms with E-state index in [0.717, 1.165) is 54.3 Å². The van der Waals surface area contributed by atoms with Crippen LogP contribution in [0, 0.1) is 5.92 Å². The van der Waals surface area contributed by atoms with Crippen molar-refractivity contribution in [3.63, 3.8) is 0 Å². The van der Waals surface area contributed by atoms with Gasteiger partial charge in [0.05, 0.1) is 25.3 Å². The summed E-state index contributed by atoms with van der Waals surface area (Å²) in [5.74, 6) is 1.75. The number of methoxy groups -OCH3 is 1. The molecule has 3 aliphatic rings. The van der Waals surface area contributed by atoms with Crippen molar-refractivity contribution in [2.45, 2.75) is 50.1 Å². The lowest BCUT2D eigenvalue weighted by atomic mass is 9.68. The Hall–Kier alpha value is -2.54. The van der Waals surface area contributed by atoms with Gasteiger partial charge < -0.3 is 19.3 Å². The molecule has 1 amide bonds. The van der Waals surface area contributed by atoms with Crippen molar-refractivity contribution >= 4 is 28.4 Å². The molecule has 3 aromatic rings. The Labute approximate surface area is 223 Å². The van der Waals surface area contributed by atoms with E-state index in [-0.39, 0.29) is 18.1 Å². The number of aliphatic hydroxyl groups is 1. The van der Waals surface area contributed by atoms with Gasteiger partial charge in [0.2, 0.25) is 5.91 Å². The van der Waals surface area contributed by atoms with E-state index in [1.807, 2.05) is 24.3 Å². The lowest BCUT2D eigenvalue weighted by molar-refractivity contribution is -0.133. The maximum absolute atomic E-state index is 12.9. The van der Waals surface area contributed by atoms with E-state index in [9.17, 15) is 9.90 Å². The topological polar surface area (TPSA) is 57.9 Å². The van der Waals surface area contributed by atoms with Crippen LogP contribution in [-0.4, -0.2) is 58.7 Å². The number of hydrogen-bond donors (Lipinski definition) is 1. The van der Waals surface area contributed by atoms with Gasteiger partial charge in [0.25, 0.3) is 0 Å². The maximum atomic E-state index is 12.9. The number of benzene rings is 2. The lowest BCUT2D eigenvalue weighted by Gasteiger charge is -2.50. The van der Waals surface area contributed by atoms with Crippen LogP contribution in [-0.2, 0) is 23.8 Å². The largest absolute Gasteiger partial charge is 0.497 e. The quantitative estimate of drug-likeness (QED) is 0.493. The van der Waals surface area contributed by atoms with Crippen molar-refractivity contribution in [3.05, 3.63) is 64.3 Å². The molecule has 1 saturated carbocycles. The summed E-state index contributed by atoms with van der Waals surface area (Å²) < 4.78 is 7.81. The Balaban J connectivity index is 1.42. The summed E-state index contributed by atoms with van der Waals surface area (Å²) in [6.07, 6.45) is 4.94. The van der Waals surface area contributed by atoms with Gasteiger partial charge in [0, 0.05) is 67.2 Å². The van der Waals surface area contributed by atoms with E-state index < -0.39 is 0 Å². The number of halogens is 1. The molecule has 0 unspecified atom stereocenters. The first-order chi connectivity index (χ1) is 17.9. The molecule has 1 N–H and O–H groups in total. The van der Waals surface area contributed by atoms with E-state index in [1.165, 1.54) is 29.5 Å². The second-order valence-corrected chi connectivity index (χ2v) is 11.6. The fraction of sp³-hybridized carbons (Fsp3) is 0.500. The highest BCUT2D eigenvalue weighted by Gasteiger charge is 2.48. The molecule has 196 valence electrons. The summed E-state index contributed by atoms with van der Waals surface area (Å²) in [5.41, 5.74) is 4.60. The van der Waals surface area contributed by atoms with Gasteiger partial charge in [-0.1, -0.05) is 29.8 Å². The standard InChI is InChI=1S/C30H36ClN3O3/c1-32-25-16-22(37-2)9-10-23(25)28-29(32)26(18-35)34(17-21-5-3-4-6-24(21)31)19-30(28)11-13-33(14-12-30)27(36)15-20-7-8-20/h3-6,9-10,16,20,26,35H,7-8,11-15,17-19H2,1-2H3/t26-/m1/s1. The summed E-state index contributed by atoms with van der Waals surface area (Å²) in [6.45, 7) is 3.08. The molecule has 6 rings (SSSR count). The molecule has 2 aliphatic heterocycles. The molecule has 6 nitrogen and oxygen atoms in total. The minimum atomic E-state index is -0.144. The molecule has 2 aromatic carbocycles. The third-order valence-corrected chi connectivity index (χ3v) is 9.35. The molecule has 0 bridgehead atoms. The van der Waals surface area contributed by atoms with Crippen LogP contribution in [0.3, 0.4) is 0 Å². The fourth-order valence-electron chi connectivity index (χ4n) is 6.76. The summed E-state index contributed by atoms with van der Waals surface area (Å²) in [5, 5.41) is 12.7. The smallest absolute Gasteiger partial charge is 0.222 e. The van der Waals surface area contributed by atoms with Crippen molar-refractivity contribution in [1.29, 1.82) is 0 Å². The predicted molar refractivity (Wildman–Crippen MR) is 146 cm³/mol. The minimum Gasteiger partial charge on any atom is -0.497 e. The molecule has 1 saturated heterocycles. The lowest BCUT2D eigenvalue weighted by Crippen LogP contribution is -2.54. The molecule has 37 heavy (non-hydrogen) atoms. The third kappa shape index (κ3) is 4.33. The van der Waals surface area contributed by atoms with Gasteiger partial charge in [-0.05, 0) is 60.9 Å². The average Bonchev–Trinajstić information content (AvgIpc) is 3.68. The zero-order valence-electron chi connectivity index (χ0n) is 21.8. The summed E-state index contributed by atoms with van der Waals surface area (Å²) in [7, 11) is 3.80. The molecule has 1 spiro atoms. The molecule has 1 atom stereocenters. The van der Waals surface area contributed by atoms with Crippen molar-refractivity contribution < 1.29 is 14.6 Å². The highest BCUT2D eigenvalue weighted by molar-refractivity contribution is 6.31. The third-order valence-electron chi connectivity index (χ3n) is 8.98. The summed E-state index contributed by atoms with van der Waals surface area (Å²) >= 11 is 6.59. The van der Waals surface area contributed by atoms with Gasteiger partial charge in [0.15, 0.2) is 0 Å². The first-order valence-electron chi connectivity index (χ1n) is 13.5. The van der Waals surface area contributed by atoms with E-state index in [1.54, 1.807) is 7.11 Å². The number of likely N-dealkylation sites (tertiary alicyclic amines) is 1. The van der Waals surface area contributed by atoms with Gasteiger partial charge in [-0.25, -0.2) is 0 Å². The number of fused-ring (bicyclic) bond motifs is 4. The Kier molecular flexibility index (Phi) is 6.46.